The number of pyridine rings is 1. The lowest BCUT2D eigenvalue weighted by atomic mass is 9.91. The average Bonchev–Trinajstić information content (AvgIpc) is 2.49. The summed E-state index contributed by atoms with van der Waals surface area (Å²) in [5, 5.41) is 2.93. The lowest BCUT2D eigenvalue weighted by Gasteiger charge is -2.41. The smallest absolute Gasteiger partial charge is 0.250 e. The number of amides is 2. The first-order chi connectivity index (χ1) is 10.5. The summed E-state index contributed by atoms with van der Waals surface area (Å²) in [4.78, 5) is 34.2. The second-order valence-electron chi connectivity index (χ2n) is 5.18. The number of carbonyl (C=O) groups is 2. The number of nitrogens with one attached hydrogen (secondary N) is 1. The van der Waals surface area contributed by atoms with Crippen LogP contribution in [0, 0.1) is 0 Å². The van der Waals surface area contributed by atoms with Crippen molar-refractivity contribution in [1.29, 1.82) is 0 Å². The van der Waals surface area contributed by atoms with Crippen LogP contribution in [0.5, 0.6) is 0 Å². The zero-order valence-corrected chi connectivity index (χ0v) is 12.5. The van der Waals surface area contributed by atoms with Crippen molar-refractivity contribution in [2.45, 2.75) is 18.9 Å². The molecule has 0 aliphatic carbocycles. The van der Waals surface area contributed by atoms with Crippen LogP contribution in [-0.4, -0.2) is 33.1 Å². The maximum Gasteiger partial charge on any atom is 0.250 e. The predicted octanol–water partition coefficient (Wildman–Crippen LogP) is 2.15. The molecule has 0 aromatic carbocycles. The molecule has 2 aliphatic heterocycles. The number of amidine groups is 1. The van der Waals surface area contributed by atoms with Crippen molar-refractivity contribution in [2.75, 3.05) is 5.32 Å². The van der Waals surface area contributed by atoms with Gasteiger partial charge in [-0.3, -0.25) is 9.59 Å². The van der Waals surface area contributed by atoms with E-state index in [2.05, 4.69) is 15.3 Å². The molecule has 22 heavy (non-hydrogen) atoms. The molecule has 112 valence electrons. The number of hydrogen-bond donors (Lipinski definition) is 1. The normalized spacial score (nSPS) is 23.1. The van der Waals surface area contributed by atoms with Gasteiger partial charge in [0.1, 0.15) is 11.4 Å². The number of aromatic nitrogens is 1. The lowest BCUT2D eigenvalue weighted by Crippen LogP contribution is -2.58. The van der Waals surface area contributed by atoms with Gasteiger partial charge in [-0.05, 0) is 31.2 Å². The summed E-state index contributed by atoms with van der Waals surface area (Å²) in [6, 6.07) is 3.33. The third-order valence-corrected chi connectivity index (χ3v) is 3.90. The van der Waals surface area contributed by atoms with Crippen molar-refractivity contribution in [3.05, 3.63) is 47.9 Å². The molecular formula is C15H13ClN4O2. The van der Waals surface area contributed by atoms with Gasteiger partial charge in [0, 0.05) is 12.4 Å². The Kier molecular flexibility index (Phi) is 3.54. The van der Waals surface area contributed by atoms with Gasteiger partial charge in [0.2, 0.25) is 0 Å². The summed E-state index contributed by atoms with van der Waals surface area (Å²) >= 11 is 5.96. The molecule has 0 bridgehead atoms. The number of nitrogens with zero attached hydrogens (tertiary/aromatic N) is 3. The Morgan fingerprint density at radius 3 is 3.05 bits per heavy atom. The maximum absolute atomic E-state index is 12.7. The molecule has 2 amide bonds. The van der Waals surface area contributed by atoms with Crippen molar-refractivity contribution in [3.8, 4) is 0 Å². The minimum Gasteiger partial charge on any atom is -0.321 e. The van der Waals surface area contributed by atoms with Gasteiger partial charge in [-0.15, -0.1) is 0 Å². The van der Waals surface area contributed by atoms with Crippen LogP contribution in [-0.2, 0) is 9.59 Å². The fourth-order valence-corrected chi connectivity index (χ4v) is 2.58. The molecule has 0 spiro atoms. The van der Waals surface area contributed by atoms with Gasteiger partial charge in [0.25, 0.3) is 11.8 Å². The molecule has 1 N–H and O–H groups in total. The van der Waals surface area contributed by atoms with Crippen molar-refractivity contribution in [1.82, 2.24) is 9.88 Å². The first kappa shape index (κ1) is 14.5. The Labute approximate surface area is 132 Å². The predicted molar refractivity (Wildman–Crippen MR) is 83.5 cm³/mol. The molecule has 6 nitrogen and oxygen atoms in total. The van der Waals surface area contributed by atoms with Crippen LogP contribution in [0.1, 0.15) is 13.3 Å². The van der Waals surface area contributed by atoms with E-state index >= 15 is 0 Å². The van der Waals surface area contributed by atoms with Crippen LogP contribution < -0.4 is 5.32 Å². The highest BCUT2D eigenvalue weighted by molar-refractivity contribution is 6.32. The summed E-state index contributed by atoms with van der Waals surface area (Å²) in [7, 11) is 0. The fourth-order valence-electron chi connectivity index (χ4n) is 2.42. The van der Waals surface area contributed by atoms with Gasteiger partial charge in [0.15, 0.2) is 5.15 Å². The lowest BCUT2D eigenvalue weighted by molar-refractivity contribution is -0.130. The van der Waals surface area contributed by atoms with Gasteiger partial charge in [0.05, 0.1) is 12.1 Å². The third kappa shape index (κ3) is 2.42. The topological polar surface area (TPSA) is 74.7 Å². The molecule has 1 unspecified atom stereocenters. The summed E-state index contributed by atoms with van der Waals surface area (Å²) in [5.74, 6) is -0.224. The second kappa shape index (κ2) is 5.38. The zero-order chi connectivity index (χ0) is 15.7. The van der Waals surface area contributed by atoms with E-state index in [0.717, 1.165) is 0 Å². The molecule has 3 heterocycles. The van der Waals surface area contributed by atoms with Gasteiger partial charge in [-0.1, -0.05) is 17.7 Å². The SMILES string of the molecule is CC1(C(=O)Nc2cccnc2Cl)CC(=O)N=C2C=CC=CN21. The van der Waals surface area contributed by atoms with Gasteiger partial charge < -0.3 is 10.2 Å². The number of carbonyl (C=O) groups excluding carboxylic acids is 2. The van der Waals surface area contributed by atoms with Gasteiger partial charge in [-0.2, -0.15) is 4.99 Å². The first-order valence-electron chi connectivity index (χ1n) is 6.68. The van der Waals surface area contributed by atoms with Crippen molar-refractivity contribution in [2.24, 2.45) is 4.99 Å². The first-order valence-corrected chi connectivity index (χ1v) is 7.06. The Balaban J connectivity index is 1.92. The van der Waals surface area contributed by atoms with E-state index < -0.39 is 5.54 Å². The van der Waals surface area contributed by atoms with Gasteiger partial charge >= 0.3 is 0 Å². The largest absolute Gasteiger partial charge is 0.321 e. The second-order valence-corrected chi connectivity index (χ2v) is 5.54. The number of hydrogen-bond acceptors (Lipinski definition) is 4. The van der Waals surface area contributed by atoms with E-state index in [4.69, 9.17) is 11.6 Å². The molecule has 0 saturated carbocycles. The molecule has 1 atom stereocenters. The Morgan fingerprint density at radius 1 is 1.45 bits per heavy atom. The number of fused-ring (bicyclic) bond motifs is 1. The molecule has 7 heteroatoms. The van der Waals surface area contributed by atoms with Crippen LogP contribution in [0.15, 0.2) is 47.7 Å². The maximum atomic E-state index is 12.7. The quantitative estimate of drug-likeness (QED) is 0.848. The zero-order valence-electron chi connectivity index (χ0n) is 11.8. The summed E-state index contributed by atoms with van der Waals surface area (Å²) in [6.07, 6.45) is 8.50. The van der Waals surface area contributed by atoms with Crippen LogP contribution in [0.2, 0.25) is 5.15 Å². The monoisotopic (exact) mass is 316 g/mol. The molecule has 3 rings (SSSR count). The standard InChI is InChI=1S/C15H13ClN4O2/c1-15(14(22)18-10-5-4-7-17-13(10)16)9-12(21)19-11-6-2-3-8-20(11)15/h2-8H,9H2,1H3,(H,18,22). The third-order valence-electron chi connectivity index (χ3n) is 3.60. The van der Waals surface area contributed by atoms with Crippen molar-refractivity contribution in [3.63, 3.8) is 0 Å². The van der Waals surface area contributed by atoms with E-state index in [1.807, 2.05) is 0 Å². The highest BCUT2D eigenvalue weighted by Crippen LogP contribution is 2.30. The van der Waals surface area contributed by atoms with E-state index in [1.165, 1.54) is 6.20 Å². The summed E-state index contributed by atoms with van der Waals surface area (Å²) in [6.45, 7) is 1.70. The number of rotatable bonds is 2. The van der Waals surface area contributed by atoms with Gasteiger partial charge in [-0.25, -0.2) is 4.98 Å². The molecule has 0 fully saturated rings. The van der Waals surface area contributed by atoms with Crippen LogP contribution >= 0.6 is 11.6 Å². The number of allylic oxidation sites excluding steroid dienone is 2. The average molecular weight is 317 g/mol. The molecule has 0 saturated heterocycles. The minimum atomic E-state index is -1.07. The molecule has 1 aromatic heterocycles. The minimum absolute atomic E-state index is 0.0155. The summed E-state index contributed by atoms with van der Waals surface area (Å²) in [5.41, 5.74) is -0.669. The van der Waals surface area contributed by atoms with E-state index in [0.29, 0.717) is 11.5 Å². The fraction of sp³-hybridized carbons (Fsp3) is 0.200. The van der Waals surface area contributed by atoms with Crippen LogP contribution in [0.3, 0.4) is 0 Å². The highest BCUT2D eigenvalue weighted by Gasteiger charge is 2.45. The summed E-state index contributed by atoms with van der Waals surface area (Å²) < 4.78 is 0. The highest BCUT2D eigenvalue weighted by atomic mass is 35.5. The Hall–Kier alpha value is -2.47. The van der Waals surface area contributed by atoms with E-state index in [1.54, 1.807) is 48.4 Å². The molecule has 2 aliphatic rings. The van der Waals surface area contributed by atoms with E-state index in [9.17, 15) is 9.59 Å². The number of anilines is 1. The van der Waals surface area contributed by atoms with Crippen LogP contribution in [0.25, 0.3) is 0 Å². The van der Waals surface area contributed by atoms with Crippen molar-refractivity contribution >= 4 is 34.9 Å². The van der Waals surface area contributed by atoms with Crippen LogP contribution in [0.4, 0.5) is 5.69 Å². The molecule has 0 radical (unpaired) electrons. The molecule has 1 aromatic rings. The number of aliphatic imine (C=N–C) groups is 1. The Bertz CT molecular complexity index is 741. The van der Waals surface area contributed by atoms with E-state index in [-0.39, 0.29) is 23.4 Å². The number of halogens is 1. The van der Waals surface area contributed by atoms with Crippen molar-refractivity contribution < 1.29 is 9.59 Å². The Morgan fingerprint density at radius 2 is 2.27 bits per heavy atom. The molecular weight excluding hydrogens is 304 g/mol.